The van der Waals surface area contributed by atoms with Crippen LogP contribution in [0.25, 0.3) is 0 Å². The van der Waals surface area contributed by atoms with Gasteiger partial charge in [-0.25, -0.2) is 21.8 Å². The van der Waals surface area contributed by atoms with Gasteiger partial charge in [-0.1, -0.05) is 12.1 Å². The van der Waals surface area contributed by atoms with Crippen LogP contribution in [0.5, 0.6) is 5.75 Å². The first kappa shape index (κ1) is 27.6. The highest BCUT2D eigenvalue weighted by molar-refractivity contribution is 7.89. The summed E-state index contributed by atoms with van der Waals surface area (Å²) < 4.78 is 62.8. The van der Waals surface area contributed by atoms with Gasteiger partial charge in [-0.3, -0.25) is 9.59 Å². The van der Waals surface area contributed by atoms with Crippen LogP contribution < -0.4 is 10.1 Å². The van der Waals surface area contributed by atoms with Gasteiger partial charge in [0.1, 0.15) is 10.6 Å². The molecule has 1 saturated heterocycles. The zero-order valence-electron chi connectivity index (χ0n) is 19.9. The molecule has 2 aromatic rings. The number of fused-ring (bicyclic) bond motifs is 1. The van der Waals surface area contributed by atoms with Gasteiger partial charge in [-0.15, -0.1) is 0 Å². The molecule has 1 aromatic carbocycles. The number of nitrogens with zero attached hydrogens (tertiary/aromatic N) is 4. The summed E-state index contributed by atoms with van der Waals surface area (Å²) in [5, 5.41) is 9.34. The molecule has 1 spiro atoms. The maximum Gasteiger partial charge on any atom is 0.290 e. The number of piperidine rings is 1. The van der Waals surface area contributed by atoms with Crippen molar-refractivity contribution in [2.75, 3.05) is 39.8 Å². The number of carboxylic acid groups (broad SMARTS) is 1. The molecule has 2 aliphatic heterocycles. The SMILES string of the molecule is CNC(=O)CN1CC2(CCN(S(=O)(=O)c3cn(C)cn3)CC2)COc2ccccc2S1(=O)=O.O=CO. The molecule has 0 saturated carbocycles. The van der Waals surface area contributed by atoms with Gasteiger partial charge >= 0.3 is 0 Å². The second kappa shape index (κ2) is 10.9. The standard InChI is InChI=1S/C20H27N5O6S2.CH2O2/c1-21-18(26)11-25-13-20(14-31-16-5-3-4-6-17(16)32(25,27)28)7-9-24(10-8-20)33(29,30)19-12-23(2)15-22-19;2-1-3/h3-6,12,15H,7-11,13-14H2,1-2H3,(H,21,26);1H,(H,2,3). The Bertz CT molecular complexity index is 1300. The van der Waals surface area contributed by atoms with E-state index in [1.807, 2.05) is 0 Å². The molecule has 1 amide bonds. The third-order valence-electron chi connectivity index (χ3n) is 6.18. The van der Waals surface area contributed by atoms with Gasteiger partial charge in [0.05, 0.1) is 19.5 Å². The summed E-state index contributed by atoms with van der Waals surface area (Å²) >= 11 is 0. The summed E-state index contributed by atoms with van der Waals surface area (Å²) in [6, 6.07) is 6.34. The second-order valence-corrected chi connectivity index (χ2v) is 12.4. The molecular formula is C21H29N5O8S2. The average Bonchev–Trinajstić information content (AvgIpc) is 3.30. The maximum absolute atomic E-state index is 13.4. The minimum atomic E-state index is -4.00. The lowest BCUT2D eigenvalue weighted by Gasteiger charge is -2.44. The number of carbonyl (C=O) groups is 2. The molecule has 1 aromatic heterocycles. The van der Waals surface area contributed by atoms with Gasteiger partial charge < -0.3 is 19.7 Å². The number of amides is 1. The molecule has 0 atom stereocenters. The van der Waals surface area contributed by atoms with Crippen LogP contribution in [0.15, 0.2) is 46.7 Å². The normalized spacial score (nSPS) is 19.5. The van der Waals surface area contributed by atoms with Crippen molar-refractivity contribution >= 4 is 32.4 Å². The lowest BCUT2D eigenvalue weighted by atomic mass is 9.79. The Hall–Kier alpha value is -3.01. The number of carbonyl (C=O) groups excluding carboxylic acids is 1. The summed E-state index contributed by atoms with van der Waals surface area (Å²) in [5.41, 5.74) is -0.648. The van der Waals surface area contributed by atoms with Crippen LogP contribution in [0, 0.1) is 5.41 Å². The van der Waals surface area contributed by atoms with E-state index in [1.165, 1.54) is 34.2 Å². The van der Waals surface area contributed by atoms with Crippen LogP contribution in [0.2, 0.25) is 0 Å². The summed E-state index contributed by atoms with van der Waals surface area (Å²) in [6.45, 7) is 0.0657. The highest BCUT2D eigenvalue weighted by Crippen LogP contribution is 2.40. The molecule has 1 fully saturated rings. The van der Waals surface area contributed by atoms with E-state index in [4.69, 9.17) is 14.6 Å². The Balaban J connectivity index is 0.00000115. The number of ether oxygens (including phenoxy) is 1. The second-order valence-electron chi connectivity index (χ2n) is 8.57. The van der Waals surface area contributed by atoms with E-state index in [-0.39, 0.29) is 54.9 Å². The molecule has 15 heteroatoms. The van der Waals surface area contributed by atoms with Gasteiger partial charge in [0.25, 0.3) is 16.5 Å². The van der Waals surface area contributed by atoms with Crippen LogP contribution in [-0.4, -0.2) is 92.3 Å². The fourth-order valence-electron chi connectivity index (χ4n) is 4.19. The number of rotatable bonds is 4. The molecule has 2 aliphatic rings. The Morgan fingerprint density at radius 1 is 1.28 bits per heavy atom. The van der Waals surface area contributed by atoms with E-state index in [1.54, 1.807) is 29.8 Å². The first-order valence-electron chi connectivity index (χ1n) is 11.0. The summed E-state index contributed by atoms with van der Waals surface area (Å²) in [7, 11) is -4.61. The zero-order valence-corrected chi connectivity index (χ0v) is 21.5. The minimum absolute atomic E-state index is 0.0129. The van der Waals surface area contributed by atoms with Crippen molar-refractivity contribution in [3.63, 3.8) is 0 Å². The van der Waals surface area contributed by atoms with E-state index in [0.717, 1.165) is 0 Å². The molecule has 0 aliphatic carbocycles. The predicted molar refractivity (Wildman–Crippen MR) is 127 cm³/mol. The smallest absolute Gasteiger partial charge is 0.290 e. The molecule has 2 N–H and O–H groups in total. The van der Waals surface area contributed by atoms with Crippen molar-refractivity contribution in [3.05, 3.63) is 36.8 Å². The first-order chi connectivity index (χ1) is 17.0. The number of aryl methyl sites for hydroxylation is 1. The molecule has 3 heterocycles. The average molecular weight is 544 g/mol. The van der Waals surface area contributed by atoms with Crippen LogP contribution in [0.1, 0.15) is 12.8 Å². The third-order valence-corrected chi connectivity index (χ3v) is 9.80. The van der Waals surface area contributed by atoms with Crippen molar-refractivity contribution in [1.82, 2.24) is 23.5 Å². The number of sulfonamides is 2. The number of para-hydroxylation sites is 1. The van der Waals surface area contributed by atoms with Gasteiger partial charge in [0.2, 0.25) is 15.9 Å². The van der Waals surface area contributed by atoms with E-state index in [0.29, 0.717) is 12.8 Å². The van der Waals surface area contributed by atoms with Crippen molar-refractivity contribution in [2.45, 2.75) is 22.8 Å². The van der Waals surface area contributed by atoms with Gasteiger partial charge in [-0.2, -0.15) is 8.61 Å². The molecule has 4 rings (SSSR count). The monoisotopic (exact) mass is 543 g/mol. The Kier molecular flexibility index (Phi) is 8.38. The molecular weight excluding hydrogens is 514 g/mol. The highest BCUT2D eigenvalue weighted by Gasteiger charge is 2.45. The van der Waals surface area contributed by atoms with Crippen molar-refractivity contribution in [3.8, 4) is 5.75 Å². The number of hydrogen-bond donors (Lipinski definition) is 2. The van der Waals surface area contributed by atoms with Crippen molar-refractivity contribution in [2.24, 2.45) is 12.5 Å². The van der Waals surface area contributed by atoms with Crippen molar-refractivity contribution in [1.29, 1.82) is 0 Å². The van der Waals surface area contributed by atoms with Crippen LogP contribution in [-0.2, 0) is 36.7 Å². The zero-order chi connectivity index (χ0) is 26.6. The van der Waals surface area contributed by atoms with E-state index in [9.17, 15) is 21.6 Å². The quantitative estimate of drug-likeness (QED) is 0.493. The lowest BCUT2D eigenvalue weighted by molar-refractivity contribution is -0.123. The highest BCUT2D eigenvalue weighted by atomic mass is 32.2. The fraction of sp³-hybridized carbons (Fsp3) is 0.476. The summed E-state index contributed by atoms with van der Waals surface area (Å²) in [4.78, 5) is 24.5. The molecule has 36 heavy (non-hydrogen) atoms. The van der Waals surface area contributed by atoms with Gasteiger partial charge in [0.15, 0.2) is 5.03 Å². The number of benzene rings is 1. The van der Waals surface area contributed by atoms with E-state index >= 15 is 0 Å². The van der Waals surface area contributed by atoms with E-state index < -0.39 is 31.4 Å². The summed E-state index contributed by atoms with van der Waals surface area (Å²) in [5.74, 6) is -0.204. The first-order valence-corrected chi connectivity index (χ1v) is 13.9. The largest absolute Gasteiger partial charge is 0.492 e. The Labute approximate surface area is 209 Å². The minimum Gasteiger partial charge on any atom is -0.492 e. The van der Waals surface area contributed by atoms with Gasteiger partial charge in [-0.05, 0) is 25.0 Å². The molecule has 0 unspecified atom stereocenters. The number of imidazole rings is 1. The summed E-state index contributed by atoms with van der Waals surface area (Å²) in [6.07, 6.45) is 3.63. The van der Waals surface area contributed by atoms with E-state index in [2.05, 4.69) is 10.3 Å². The molecule has 198 valence electrons. The molecule has 0 radical (unpaired) electrons. The van der Waals surface area contributed by atoms with Crippen molar-refractivity contribution < 1.29 is 36.3 Å². The third kappa shape index (κ3) is 5.69. The number of likely N-dealkylation sites (N-methyl/N-ethyl adjacent to an activating group) is 1. The lowest BCUT2D eigenvalue weighted by Crippen LogP contribution is -2.53. The van der Waals surface area contributed by atoms with Crippen LogP contribution >= 0.6 is 0 Å². The Morgan fingerprint density at radius 2 is 1.92 bits per heavy atom. The maximum atomic E-state index is 13.4. The molecule has 0 bridgehead atoms. The Morgan fingerprint density at radius 3 is 2.50 bits per heavy atom. The number of nitrogens with one attached hydrogen (secondary N) is 1. The predicted octanol–water partition coefficient (Wildman–Crippen LogP) is -0.279. The van der Waals surface area contributed by atoms with Crippen LogP contribution in [0.4, 0.5) is 0 Å². The molecule has 13 nitrogen and oxygen atoms in total. The van der Waals surface area contributed by atoms with Gasteiger partial charge in [0, 0.05) is 45.3 Å². The fourth-order valence-corrected chi connectivity index (χ4v) is 7.24. The number of aromatic nitrogens is 2. The topological polar surface area (TPSA) is 168 Å². The van der Waals surface area contributed by atoms with Crippen LogP contribution in [0.3, 0.4) is 0 Å². The number of hydrogen-bond acceptors (Lipinski definition) is 8.